The fourth-order valence-corrected chi connectivity index (χ4v) is 4.73. The number of halogens is 3. The molecule has 3 atom stereocenters. The van der Waals surface area contributed by atoms with E-state index in [1.165, 1.54) is 31.5 Å². The van der Waals surface area contributed by atoms with E-state index in [0.717, 1.165) is 43.2 Å². The molecule has 1 amide bonds. The van der Waals surface area contributed by atoms with Gasteiger partial charge < -0.3 is 20.1 Å². The Hall–Kier alpha value is -2.33. The Morgan fingerprint density at radius 2 is 1.88 bits per heavy atom. The van der Waals surface area contributed by atoms with Crippen LogP contribution in [0.25, 0.3) is 0 Å². The van der Waals surface area contributed by atoms with E-state index < -0.39 is 12.1 Å². The van der Waals surface area contributed by atoms with Gasteiger partial charge in [-0.05, 0) is 76.3 Å². The van der Waals surface area contributed by atoms with Crippen molar-refractivity contribution in [2.24, 2.45) is 0 Å². The van der Waals surface area contributed by atoms with E-state index in [2.05, 4.69) is 41.1 Å². The second-order valence-electron chi connectivity index (χ2n) is 8.91. The lowest BCUT2D eigenvalue weighted by atomic mass is 10.1. The monoisotopic (exact) mass is 471 g/mol. The molecule has 1 aromatic carbocycles. The molecule has 3 aliphatic heterocycles. The molecule has 0 aromatic heterocycles. The van der Waals surface area contributed by atoms with Crippen LogP contribution in [0.3, 0.4) is 0 Å². The second-order valence-corrected chi connectivity index (χ2v) is 8.91. The molecule has 3 fully saturated rings. The van der Waals surface area contributed by atoms with E-state index in [1.807, 2.05) is 6.07 Å². The summed E-state index contributed by atoms with van der Waals surface area (Å²) in [7, 11) is 0. The first-order valence-corrected chi connectivity index (χ1v) is 11.4. The zero-order chi connectivity index (χ0) is 24.2. The SMILES string of the molecule is Cc1cc(N2CC[C@H](N3CCC[C@@H]3C)C2)ccc1NC(=O)C1CCCO1.O=C(O)C(F)(F)F. The molecule has 2 N–H and O–H groups in total. The summed E-state index contributed by atoms with van der Waals surface area (Å²) in [6.07, 6.45) is 0.371. The lowest BCUT2D eigenvalue weighted by molar-refractivity contribution is -0.192. The third-order valence-electron chi connectivity index (χ3n) is 6.53. The number of ether oxygens (including phenoxy) is 1. The maximum Gasteiger partial charge on any atom is 0.490 e. The van der Waals surface area contributed by atoms with Crippen molar-refractivity contribution >= 4 is 23.3 Å². The summed E-state index contributed by atoms with van der Waals surface area (Å²) in [6.45, 7) is 8.63. The largest absolute Gasteiger partial charge is 0.490 e. The highest BCUT2D eigenvalue weighted by atomic mass is 19.4. The maximum absolute atomic E-state index is 12.3. The van der Waals surface area contributed by atoms with Crippen LogP contribution in [0.2, 0.25) is 0 Å². The van der Waals surface area contributed by atoms with Gasteiger partial charge in [0.2, 0.25) is 0 Å². The Bertz CT molecular complexity index is 843. The van der Waals surface area contributed by atoms with E-state index in [-0.39, 0.29) is 12.0 Å². The van der Waals surface area contributed by atoms with Crippen LogP contribution in [-0.2, 0) is 14.3 Å². The number of carboxylic acid groups (broad SMARTS) is 1. The summed E-state index contributed by atoms with van der Waals surface area (Å²) < 4.78 is 37.2. The van der Waals surface area contributed by atoms with Crippen LogP contribution in [-0.4, -0.2) is 72.5 Å². The second kappa shape index (κ2) is 10.7. The van der Waals surface area contributed by atoms with E-state index >= 15 is 0 Å². The van der Waals surface area contributed by atoms with Gasteiger partial charge in [0, 0.05) is 43.2 Å². The van der Waals surface area contributed by atoms with Gasteiger partial charge in [0.1, 0.15) is 6.10 Å². The van der Waals surface area contributed by atoms with Crippen LogP contribution in [0.15, 0.2) is 18.2 Å². The van der Waals surface area contributed by atoms with E-state index in [1.54, 1.807) is 0 Å². The minimum atomic E-state index is -5.08. The molecule has 10 heteroatoms. The van der Waals surface area contributed by atoms with Gasteiger partial charge in [0.25, 0.3) is 5.91 Å². The average molecular weight is 472 g/mol. The molecule has 33 heavy (non-hydrogen) atoms. The van der Waals surface area contributed by atoms with Gasteiger partial charge in [0.05, 0.1) is 0 Å². The van der Waals surface area contributed by atoms with Gasteiger partial charge in [-0.3, -0.25) is 9.69 Å². The molecule has 184 valence electrons. The van der Waals surface area contributed by atoms with Gasteiger partial charge in [-0.1, -0.05) is 0 Å². The Morgan fingerprint density at radius 3 is 2.42 bits per heavy atom. The zero-order valence-electron chi connectivity index (χ0n) is 19.0. The number of nitrogens with zero attached hydrogens (tertiary/aromatic N) is 2. The van der Waals surface area contributed by atoms with Crippen LogP contribution in [0.5, 0.6) is 0 Å². The first-order chi connectivity index (χ1) is 15.6. The number of amides is 1. The van der Waals surface area contributed by atoms with Crippen LogP contribution >= 0.6 is 0 Å². The van der Waals surface area contributed by atoms with Gasteiger partial charge in [-0.2, -0.15) is 13.2 Å². The van der Waals surface area contributed by atoms with Crippen LogP contribution in [0.1, 0.15) is 44.6 Å². The topological polar surface area (TPSA) is 82.1 Å². The van der Waals surface area contributed by atoms with Gasteiger partial charge in [-0.25, -0.2) is 4.79 Å². The fourth-order valence-electron chi connectivity index (χ4n) is 4.73. The molecule has 7 nitrogen and oxygen atoms in total. The molecule has 3 heterocycles. The smallest absolute Gasteiger partial charge is 0.475 e. The van der Waals surface area contributed by atoms with Crippen LogP contribution < -0.4 is 10.2 Å². The number of hydrogen-bond donors (Lipinski definition) is 2. The molecule has 0 aliphatic carbocycles. The number of anilines is 2. The van der Waals surface area contributed by atoms with Crippen molar-refractivity contribution in [2.75, 3.05) is 36.5 Å². The van der Waals surface area contributed by atoms with Crippen molar-refractivity contribution in [2.45, 2.75) is 70.3 Å². The summed E-state index contributed by atoms with van der Waals surface area (Å²) in [4.78, 5) is 26.4. The minimum Gasteiger partial charge on any atom is -0.475 e. The van der Waals surface area contributed by atoms with Gasteiger partial charge in [-0.15, -0.1) is 0 Å². The average Bonchev–Trinajstić information content (AvgIpc) is 3.50. The number of rotatable bonds is 4. The predicted octanol–water partition coefficient (Wildman–Crippen LogP) is 3.81. The molecular weight excluding hydrogens is 439 g/mol. The lowest BCUT2D eigenvalue weighted by Crippen LogP contribution is -2.39. The summed E-state index contributed by atoms with van der Waals surface area (Å²) in [6, 6.07) is 7.82. The highest BCUT2D eigenvalue weighted by Gasteiger charge is 2.38. The van der Waals surface area contributed by atoms with E-state index in [0.29, 0.717) is 12.6 Å². The van der Waals surface area contributed by atoms with Crippen LogP contribution in [0, 0.1) is 6.92 Å². The van der Waals surface area contributed by atoms with Crippen molar-refractivity contribution in [3.63, 3.8) is 0 Å². The van der Waals surface area contributed by atoms with Crippen molar-refractivity contribution < 1.29 is 32.6 Å². The van der Waals surface area contributed by atoms with Crippen LogP contribution in [0.4, 0.5) is 24.5 Å². The number of carbonyl (C=O) groups is 2. The Kier molecular flexibility index (Phi) is 8.23. The molecule has 1 unspecified atom stereocenters. The standard InChI is InChI=1S/C21H31N3O2.C2HF3O2/c1-15-13-17(7-8-19(15)22-21(25)20-6-4-12-26-20)23-11-9-18(14-23)24-10-3-5-16(24)2;3-2(4,5)1(6)7/h7-8,13,16,18,20H,3-6,9-12,14H2,1-2H3,(H,22,25);(H,6,7)/t16-,18-,20?;/m0./s1. The predicted molar refractivity (Wildman–Crippen MR) is 118 cm³/mol. The number of aliphatic carboxylic acids is 1. The number of nitrogens with one attached hydrogen (secondary N) is 1. The van der Waals surface area contributed by atoms with Crippen molar-refractivity contribution in [3.8, 4) is 0 Å². The quantitative estimate of drug-likeness (QED) is 0.695. The zero-order valence-corrected chi connectivity index (χ0v) is 19.0. The first kappa shape index (κ1) is 25.3. The summed E-state index contributed by atoms with van der Waals surface area (Å²) in [5.74, 6) is -2.77. The van der Waals surface area contributed by atoms with Crippen molar-refractivity contribution in [3.05, 3.63) is 23.8 Å². The molecule has 4 rings (SSSR count). The number of hydrogen-bond acceptors (Lipinski definition) is 5. The van der Waals surface area contributed by atoms with E-state index in [4.69, 9.17) is 14.6 Å². The third kappa shape index (κ3) is 6.60. The molecule has 1 aromatic rings. The minimum absolute atomic E-state index is 0.0115. The Balaban J connectivity index is 0.000000383. The van der Waals surface area contributed by atoms with Gasteiger partial charge in [0.15, 0.2) is 0 Å². The number of likely N-dealkylation sites (tertiary alicyclic amines) is 1. The van der Waals surface area contributed by atoms with Crippen molar-refractivity contribution in [1.82, 2.24) is 4.90 Å². The normalized spacial score (nSPS) is 25.6. The summed E-state index contributed by atoms with van der Waals surface area (Å²) in [5, 5.41) is 10.2. The summed E-state index contributed by atoms with van der Waals surface area (Å²) >= 11 is 0. The molecule has 0 spiro atoms. The maximum atomic E-state index is 12.3. The molecule has 0 saturated carbocycles. The third-order valence-corrected chi connectivity index (χ3v) is 6.53. The first-order valence-electron chi connectivity index (χ1n) is 11.4. The van der Waals surface area contributed by atoms with Crippen molar-refractivity contribution in [1.29, 1.82) is 0 Å². The molecule has 0 bridgehead atoms. The highest BCUT2D eigenvalue weighted by molar-refractivity contribution is 5.95. The number of alkyl halides is 3. The van der Waals surface area contributed by atoms with E-state index in [9.17, 15) is 18.0 Å². The highest BCUT2D eigenvalue weighted by Crippen LogP contribution is 2.30. The number of carbonyl (C=O) groups excluding carboxylic acids is 1. The molecular formula is C23H32F3N3O4. The molecule has 3 saturated heterocycles. The fraction of sp³-hybridized carbons (Fsp3) is 0.652. The van der Waals surface area contributed by atoms with Gasteiger partial charge >= 0.3 is 12.1 Å². The molecule has 3 aliphatic rings. The lowest BCUT2D eigenvalue weighted by Gasteiger charge is -2.28. The Labute approximate surface area is 191 Å². The Morgan fingerprint density at radius 1 is 1.15 bits per heavy atom. The summed E-state index contributed by atoms with van der Waals surface area (Å²) in [5.41, 5.74) is 3.29. The number of carboxylic acids is 1. The molecule has 0 radical (unpaired) electrons. The number of aryl methyl sites for hydroxylation is 1. The number of benzene rings is 1.